The molecule has 0 bridgehead atoms. The summed E-state index contributed by atoms with van der Waals surface area (Å²) in [6.07, 6.45) is 30.1. The SMILES string of the molecule is CCCCCCCCCCCCCCCCOc1ccc(C(=O)/C=C/c2ccc(OCCCCCCCC)cc2)cc1. The second kappa shape index (κ2) is 25.0. The van der Waals surface area contributed by atoms with E-state index in [4.69, 9.17) is 9.47 Å². The Morgan fingerprint density at radius 3 is 1.26 bits per heavy atom. The van der Waals surface area contributed by atoms with Crippen molar-refractivity contribution in [3.05, 3.63) is 65.7 Å². The minimum atomic E-state index is -0.00285. The lowest BCUT2D eigenvalue weighted by Crippen LogP contribution is -1.99. The first kappa shape index (κ1) is 35.6. The zero-order chi connectivity index (χ0) is 29.9. The highest BCUT2D eigenvalue weighted by atomic mass is 16.5. The Morgan fingerprint density at radius 2 is 0.857 bits per heavy atom. The third-order valence-corrected chi connectivity index (χ3v) is 7.98. The van der Waals surface area contributed by atoms with Crippen LogP contribution >= 0.6 is 0 Å². The van der Waals surface area contributed by atoms with Crippen molar-refractivity contribution >= 4 is 11.9 Å². The van der Waals surface area contributed by atoms with Crippen molar-refractivity contribution in [2.45, 2.75) is 142 Å². The average molecular weight is 577 g/mol. The van der Waals surface area contributed by atoms with Crippen LogP contribution in [0.4, 0.5) is 0 Å². The number of allylic oxidation sites excluding steroid dienone is 1. The second-order valence-corrected chi connectivity index (χ2v) is 11.9. The highest BCUT2D eigenvalue weighted by Crippen LogP contribution is 2.17. The number of hydrogen-bond donors (Lipinski definition) is 0. The van der Waals surface area contributed by atoms with E-state index in [-0.39, 0.29) is 5.78 Å². The number of rotatable bonds is 27. The van der Waals surface area contributed by atoms with E-state index in [1.807, 2.05) is 54.6 Å². The van der Waals surface area contributed by atoms with Gasteiger partial charge in [-0.2, -0.15) is 0 Å². The first-order valence-corrected chi connectivity index (χ1v) is 17.4. The van der Waals surface area contributed by atoms with Crippen LogP contribution in [0.1, 0.15) is 158 Å². The molecule has 2 aromatic carbocycles. The van der Waals surface area contributed by atoms with Crippen molar-refractivity contribution in [2.75, 3.05) is 13.2 Å². The fourth-order valence-corrected chi connectivity index (χ4v) is 5.22. The molecule has 0 N–H and O–H groups in total. The molecule has 42 heavy (non-hydrogen) atoms. The van der Waals surface area contributed by atoms with E-state index in [0.717, 1.165) is 43.1 Å². The normalized spacial score (nSPS) is 11.3. The largest absolute Gasteiger partial charge is 0.494 e. The molecule has 0 amide bonds. The smallest absolute Gasteiger partial charge is 0.185 e. The Morgan fingerprint density at radius 1 is 0.500 bits per heavy atom. The number of carbonyl (C=O) groups is 1. The van der Waals surface area contributed by atoms with Crippen molar-refractivity contribution in [1.82, 2.24) is 0 Å². The van der Waals surface area contributed by atoms with E-state index >= 15 is 0 Å². The molecule has 3 nitrogen and oxygen atoms in total. The molecule has 3 heteroatoms. The molecule has 0 heterocycles. The minimum absolute atomic E-state index is 0.00285. The van der Waals surface area contributed by atoms with Gasteiger partial charge in [0.05, 0.1) is 13.2 Å². The molecule has 0 fully saturated rings. The van der Waals surface area contributed by atoms with Gasteiger partial charge in [-0.3, -0.25) is 4.79 Å². The summed E-state index contributed by atoms with van der Waals surface area (Å²) in [5, 5.41) is 0. The van der Waals surface area contributed by atoms with E-state index in [1.54, 1.807) is 6.08 Å². The lowest BCUT2D eigenvalue weighted by Gasteiger charge is -2.07. The van der Waals surface area contributed by atoms with Gasteiger partial charge in [0.15, 0.2) is 5.78 Å². The van der Waals surface area contributed by atoms with Crippen LogP contribution in [-0.2, 0) is 0 Å². The highest BCUT2D eigenvalue weighted by Gasteiger charge is 2.03. The van der Waals surface area contributed by atoms with Gasteiger partial charge < -0.3 is 9.47 Å². The van der Waals surface area contributed by atoms with Gasteiger partial charge in [-0.05, 0) is 60.9 Å². The molecule has 2 rings (SSSR count). The van der Waals surface area contributed by atoms with Gasteiger partial charge in [0.25, 0.3) is 0 Å². The van der Waals surface area contributed by atoms with Crippen molar-refractivity contribution in [3.63, 3.8) is 0 Å². The van der Waals surface area contributed by atoms with Gasteiger partial charge in [-0.15, -0.1) is 0 Å². The highest BCUT2D eigenvalue weighted by molar-refractivity contribution is 6.06. The first-order valence-electron chi connectivity index (χ1n) is 17.4. The number of carbonyl (C=O) groups excluding carboxylic acids is 1. The monoisotopic (exact) mass is 576 g/mol. The van der Waals surface area contributed by atoms with Gasteiger partial charge in [0, 0.05) is 5.56 Å². The van der Waals surface area contributed by atoms with Crippen molar-refractivity contribution in [1.29, 1.82) is 0 Å². The summed E-state index contributed by atoms with van der Waals surface area (Å²) in [6, 6.07) is 15.5. The maximum atomic E-state index is 12.6. The zero-order valence-corrected chi connectivity index (χ0v) is 27.1. The van der Waals surface area contributed by atoms with E-state index < -0.39 is 0 Å². The number of ketones is 1. The van der Waals surface area contributed by atoms with Crippen molar-refractivity contribution in [2.24, 2.45) is 0 Å². The molecule has 0 atom stereocenters. The number of unbranched alkanes of at least 4 members (excludes halogenated alkanes) is 18. The summed E-state index contributed by atoms with van der Waals surface area (Å²) in [5.41, 5.74) is 1.66. The predicted molar refractivity (Wildman–Crippen MR) is 181 cm³/mol. The summed E-state index contributed by atoms with van der Waals surface area (Å²) < 4.78 is 11.8. The maximum Gasteiger partial charge on any atom is 0.185 e. The van der Waals surface area contributed by atoms with Crippen LogP contribution in [0.15, 0.2) is 54.6 Å². The van der Waals surface area contributed by atoms with Crippen LogP contribution in [0.25, 0.3) is 6.08 Å². The van der Waals surface area contributed by atoms with E-state index in [2.05, 4.69) is 13.8 Å². The van der Waals surface area contributed by atoms with Crippen LogP contribution in [0.2, 0.25) is 0 Å². The number of benzene rings is 2. The zero-order valence-electron chi connectivity index (χ0n) is 27.1. The molecule has 0 radical (unpaired) electrons. The summed E-state index contributed by atoms with van der Waals surface area (Å²) in [4.78, 5) is 12.6. The van der Waals surface area contributed by atoms with Crippen LogP contribution in [0, 0.1) is 0 Å². The molecule has 0 saturated heterocycles. The number of ether oxygens (including phenoxy) is 2. The predicted octanol–water partition coefficient (Wildman–Crippen LogP) is 12.2. The lowest BCUT2D eigenvalue weighted by atomic mass is 10.0. The third kappa shape index (κ3) is 18.1. The molecule has 0 aromatic heterocycles. The van der Waals surface area contributed by atoms with Crippen LogP contribution in [0.5, 0.6) is 11.5 Å². The fourth-order valence-electron chi connectivity index (χ4n) is 5.22. The topological polar surface area (TPSA) is 35.5 Å². The molecule has 0 aliphatic heterocycles. The van der Waals surface area contributed by atoms with E-state index in [9.17, 15) is 4.79 Å². The molecule has 0 aliphatic carbocycles. The van der Waals surface area contributed by atoms with Gasteiger partial charge in [0.2, 0.25) is 0 Å². The first-order chi connectivity index (χ1) is 20.7. The Bertz CT molecular complexity index is 929. The fraction of sp³-hybridized carbons (Fsp3) is 0.615. The molecule has 0 spiro atoms. The Labute approximate surface area is 258 Å². The van der Waals surface area contributed by atoms with Crippen LogP contribution in [-0.4, -0.2) is 19.0 Å². The van der Waals surface area contributed by atoms with Crippen molar-refractivity contribution < 1.29 is 14.3 Å². The van der Waals surface area contributed by atoms with E-state index in [0.29, 0.717) is 5.56 Å². The number of hydrogen-bond acceptors (Lipinski definition) is 3. The molecule has 2 aromatic rings. The van der Waals surface area contributed by atoms with Gasteiger partial charge >= 0.3 is 0 Å². The third-order valence-electron chi connectivity index (χ3n) is 7.98. The standard InChI is InChI=1S/C39H60O3/c1-3-5-7-9-11-12-13-14-15-16-17-18-20-22-34-42-38-30-26-36(27-31-38)39(40)32-25-35-23-28-37(29-24-35)41-33-21-19-10-8-6-4-2/h23-32H,3-22,33-34H2,1-2H3/b32-25+. The van der Waals surface area contributed by atoms with Crippen LogP contribution in [0.3, 0.4) is 0 Å². The molecule has 0 saturated carbocycles. The Kier molecular flexibility index (Phi) is 21.2. The van der Waals surface area contributed by atoms with Gasteiger partial charge in [0.1, 0.15) is 11.5 Å². The maximum absolute atomic E-state index is 12.6. The average Bonchev–Trinajstić information content (AvgIpc) is 3.02. The van der Waals surface area contributed by atoms with Crippen molar-refractivity contribution in [3.8, 4) is 11.5 Å². The summed E-state index contributed by atoms with van der Waals surface area (Å²) in [6.45, 7) is 6.03. The quantitative estimate of drug-likeness (QED) is 0.0603. The molecule has 0 aliphatic rings. The van der Waals surface area contributed by atoms with Gasteiger partial charge in [-0.1, -0.05) is 148 Å². The summed E-state index contributed by atoms with van der Waals surface area (Å²) in [5.74, 6) is 1.72. The molecular formula is C39H60O3. The Balaban J connectivity index is 1.51. The lowest BCUT2D eigenvalue weighted by molar-refractivity contribution is 0.104. The second-order valence-electron chi connectivity index (χ2n) is 11.9. The van der Waals surface area contributed by atoms with E-state index in [1.165, 1.54) is 116 Å². The summed E-state index contributed by atoms with van der Waals surface area (Å²) >= 11 is 0. The minimum Gasteiger partial charge on any atom is -0.494 e. The van der Waals surface area contributed by atoms with Gasteiger partial charge in [-0.25, -0.2) is 0 Å². The Hall–Kier alpha value is -2.55. The summed E-state index contributed by atoms with van der Waals surface area (Å²) in [7, 11) is 0. The molecule has 0 unspecified atom stereocenters. The molecular weight excluding hydrogens is 516 g/mol. The van der Waals surface area contributed by atoms with Crippen LogP contribution < -0.4 is 9.47 Å². The molecule has 234 valence electrons.